The van der Waals surface area contributed by atoms with E-state index in [0.717, 1.165) is 35.6 Å². The van der Waals surface area contributed by atoms with E-state index in [2.05, 4.69) is 5.32 Å². The second-order valence-corrected chi connectivity index (χ2v) is 10.9. The fourth-order valence-corrected chi connectivity index (χ4v) is 5.82. The highest BCUT2D eigenvalue weighted by molar-refractivity contribution is 7.92. The van der Waals surface area contributed by atoms with Crippen LogP contribution in [0.3, 0.4) is 0 Å². The average molecular weight is 534 g/mol. The summed E-state index contributed by atoms with van der Waals surface area (Å²) in [5, 5.41) is 1.97. The number of amides is 3. The van der Waals surface area contributed by atoms with Crippen LogP contribution in [-0.4, -0.2) is 67.5 Å². The molecular formula is C24H21F2N3O5S2. The van der Waals surface area contributed by atoms with Gasteiger partial charge in [-0.05, 0) is 47.8 Å². The molecule has 1 unspecified atom stereocenters. The average Bonchev–Trinajstić information content (AvgIpc) is 3.42. The molecule has 3 amide bonds. The first-order valence-corrected chi connectivity index (χ1v) is 13.3. The Labute approximate surface area is 210 Å². The molecule has 12 heteroatoms. The number of sulfone groups is 1. The van der Waals surface area contributed by atoms with Crippen LogP contribution in [0, 0.1) is 11.6 Å². The summed E-state index contributed by atoms with van der Waals surface area (Å²) in [4.78, 5) is 41.2. The third-order valence-corrected chi connectivity index (χ3v) is 8.40. The number of hydrogen-bond donors (Lipinski definition) is 1. The smallest absolute Gasteiger partial charge is 0.262 e. The number of carbonyl (C=O) groups is 3. The highest BCUT2D eigenvalue weighted by Gasteiger charge is 2.40. The van der Waals surface area contributed by atoms with Crippen LogP contribution in [0.1, 0.15) is 20.0 Å². The van der Waals surface area contributed by atoms with E-state index in [9.17, 15) is 31.6 Å². The van der Waals surface area contributed by atoms with Crippen LogP contribution >= 0.6 is 11.3 Å². The number of thiophene rings is 1. The van der Waals surface area contributed by atoms with Gasteiger partial charge in [-0.2, -0.15) is 0 Å². The molecule has 0 spiro atoms. The quantitative estimate of drug-likeness (QED) is 0.491. The Bertz CT molecular complexity index is 1370. The van der Waals surface area contributed by atoms with Crippen LogP contribution in [0.25, 0.3) is 0 Å². The first kappa shape index (κ1) is 25.5. The van der Waals surface area contributed by atoms with Crippen LogP contribution in [0.2, 0.25) is 0 Å². The zero-order valence-electron chi connectivity index (χ0n) is 18.8. The van der Waals surface area contributed by atoms with Gasteiger partial charge >= 0.3 is 0 Å². The Balaban J connectivity index is 1.54. The molecule has 1 aromatic heterocycles. The molecule has 1 atom stereocenters. The van der Waals surface area contributed by atoms with Crippen molar-refractivity contribution in [1.29, 1.82) is 0 Å². The standard InChI is InChI=1S/C24H21F2N3O5S2/c25-16-7-9-17(10-8-16)36(33,34)22(27-21(30)20-6-3-15-35-20)24(32)29-13-11-28(12-14-29)23(31)18-4-1-2-5-19(18)26/h1-10,15,22H,11-14H2,(H,27,30). The van der Waals surface area contributed by atoms with E-state index in [1.165, 1.54) is 40.1 Å². The topological polar surface area (TPSA) is 104 Å². The largest absolute Gasteiger partial charge is 0.336 e. The van der Waals surface area contributed by atoms with Crippen LogP contribution in [-0.2, 0) is 14.6 Å². The van der Waals surface area contributed by atoms with Crippen molar-refractivity contribution in [1.82, 2.24) is 15.1 Å². The third kappa shape index (κ3) is 5.29. The molecule has 3 aromatic rings. The van der Waals surface area contributed by atoms with Crippen molar-refractivity contribution in [2.24, 2.45) is 0 Å². The van der Waals surface area contributed by atoms with E-state index in [4.69, 9.17) is 0 Å². The molecule has 0 aliphatic carbocycles. The lowest BCUT2D eigenvalue weighted by Gasteiger charge is -2.36. The van der Waals surface area contributed by atoms with Gasteiger partial charge in [-0.1, -0.05) is 18.2 Å². The summed E-state index contributed by atoms with van der Waals surface area (Å²) in [6.07, 6.45) is 0. The number of hydrogen-bond acceptors (Lipinski definition) is 6. The molecule has 1 N–H and O–H groups in total. The zero-order valence-corrected chi connectivity index (χ0v) is 20.4. The molecule has 1 aliphatic rings. The summed E-state index contributed by atoms with van der Waals surface area (Å²) in [5.41, 5.74) is -0.0998. The summed E-state index contributed by atoms with van der Waals surface area (Å²) in [7, 11) is -4.45. The molecule has 1 aliphatic heterocycles. The van der Waals surface area contributed by atoms with Crippen LogP contribution in [0.15, 0.2) is 70.9 Å². The number of nitrogens with one attached hydrogen (secondary N) is 1. The molecule has 1 saturated heterocycles. The SMILES string of the molecule is O=C(NC(C(=O)N1CCN(C(=O)c2ccccc2F)CC1)S(=O)(=O)c1ccc(F)cc1)c1cccs1. The van der Waals surface area contributed by atoms with Gasteiger partial charge in [0.15, 0.2) is 0 Å². The van der Waals surface area contributed by atoms with Crippen molar-refractivity contribution in [2.45, 2.75) is 10.3 Å². The fourth-order valence-electron chi connectivity index (χ4n) is 3.73. The summed E-state index contributed by atoms with van der Waals surface area (Å²) in [6.45, 7) is 0.0366. The Morgan fingerprint density at radius 2 is 1.50 bits per heavy atom. The minimum Gasteiger partial charge on any atom is -0.336 e. The van der Waals surface area contributed by atoms with Crippen molar-refractivity contribution in [2.75, 3.05) is 26.2 Å². The van der Waals surface area contributed by atoms with E-state index in [-0.39, 0.29) is 41.5 Å². The van der Waals surface area contributed by atoms with Gasteiger partial charge in [-0.15, -0.1) is 11.3 Å². The maximum atomic E-state index is 14.0. The normalized spacial score (nSPS) is 14.8. The molecular weight excluding hydrogens is 512 g/mol. The molecule has 0 radical (unpaired) electrons. The van der Waals surface area contributed by atoms with Crippen molar-refractivity contribution in [3.05, 3.63) is 88.1 Å². The van der Waals surface area contributed by atoms with Crippen molar-refractivity contribution >= 4 is 38.9 Å². The predicted molar refractivity (Wildman–Crippen MR) is 128 cm³/mol. The summed E-state index contributed by atoms with van der Waals surface area (Å²) in [5.74, 6) is -3.50. The van der Waals surface area contributed by atoms with Gasteiger partial charge in [0.1, 0.15) is 11.6 Å². The summed E-state index contributed by atoms with van der Waals surface area (Å²) < 4.78 is 54.1. The molecule has 1 fully saturated rings. The van der Waals surface area contributed by atoms with Crippen LogP contribution < -0.4 is 5.32 Å². The second-order valence-electron chi connectivity index (χ2n) is 7.93. The molecule has 36 heavy (non-hydrogen) atoms. The van der Waals surface area contributed by atoms with Gasteiger partial charge in [0.05, 0.1) is 15.3 Å². The molecule has 2 heterocycles. The van der Waals surface area contributed by atoms with Crippen LogP contribution in [0.4, 0.5) is 8.78 Å². The molecule has 2 aromatic carbocycles. The van der Waals surface area contributed by atoms with E-state index in [1.807, 2.05) is 0 Å². The molecule has 4 rings (SSSR count). The zero-order chi connectivity index (χ0) is 25.9. The summed E-state index contributed by atoms with van der Waals surface area (Å²) in [6, 6.07) is 12.6. The summed E-state index contributed by atoms with van der Waals surface area (Å²) >= 11 is 1.08. The number of rotatable bonds is 6. The van der Waals surface area contributed by atoms with Crippen molar-refractivity contribution in [3.63, 3.8) is 0 Å². The van der Waals surface area contributed by atoms with E-state index >= 15 is 0 Å². The lowest BCUT2D eigenvalue weighted by molar-refractivity contribution is -0.132. The van der Waals surface area contributed by atoms with Gasteiger partial charge in [0.2, 0.25) is 15.2 Å². The van der Waals surface area contributed by atoms with E-state index in [0.29, 0.717) is 0 Å². The Hall–Kier alpha value is -3.64. The van der Waals surface area contributed by atoms with Gasteiger partial charge < -0.3 is 15.1 Å². The van der Waals surface area contributed by atoms with Gasteiger partial charge in [-0.25, -0.2) is 17.2 Å². The van der Waals surface area contributed by atoms with Gasteiger partial charge in [-0.3, -0.25) is 14.4 Å². The number of piperazine rings is 1. The van der Waals surface area contributed by atoms with Gasteiger partial charge in [0, 0.05) is 26.2 Å². The Kier molecular flexibility index (Phi) is 7.45. The Morgan fingerprint density at radius 1 is 0.861 bits per heavy atom. The number of nitrogens with zero attached hydrogens (tertiary/aromatic N) is 2. The lowest BCUT2D eigenvalue weighted by Crippen LogP contribution is -2.57. The number of benzene rings is 2. The molecule has 188 valence electrons. The minimum absolute atomic E-state index is 0.0245. The highest BCUT2D eigenvalue weighted by Crippen LogP contribution is 2.20. The maximum absolute atomic E-state index is 14.0. The first-order valence-electron chi connectivity index (χ1n) is 10.8. The van der Waals surface area contributed by atoms with E-state index < -0.39 is 44.6 Å². The maximum Gasteiger partial charge on any atom is 0.262 e. The van der Waals surface area contributed by atoms with E-state index in [1.54, 1.807) is 11.4 Å². The number of carbonyl (C=O) groups excluding carboxylic acids is 3. The molecule has 8 nitrogen and oxygen atoms in total. The van der Waals surface area contributed by atoms with Crippen molar-refractivity contribution < 1.29 is 31.6 Å². The van der Waals surface area contributed by atoms with Crippen LogP contribution in [0.5, 0.6) is 0 Å². The highest BCUT2D eigenvalue weighted by atomic mass is 32.2. The Morgan fingerprint density at radius 3 is 2.11 bits per heavy atom. The first-order chi connectivity index (χ1) is 17.2. The number of halogens is 2. The second kappa shape index (κ2) is 10.5. The predicted octanol–water partition coefficient (Wildman–Crippen LogP) is 2.54. The lowest BCUT2D eigenvalue weighted by atomic mass is 10.1. The minimum atomic E-state index is -4.45. The van der Waals surface area contributed by atoms with Crippen molar-refractivity contribution in [3.8, 4) is 0 Å². The molecule has 0 saturated carbocycles. The molecule has 0 bridgehead atoms. The van der Waals surface area contributed by atoms with Gasteiger partial charge in [0.25, 0.3) is 17.7 Å². The fraction of sp³-hybridized carbons (Fsp3) is 0.208. The third-order valence-electron chi connectivity index (χ3n) is 5.67. The monoisotopic (exact) mass is 533 g/mol.